The van der Waals surface area contributed by atoms with Crippen LogP contribution in [0.2, 0.25) is 0 Å². The van der Waals surface area contributed by atoms with Crippen molar-refractivity contribution in [1.82, 2.24) is 9.97 Å². The molecule has 0 spiro atoms. The van der Waals surface area contributed by atoms with Crippen molar-refractivity contribution in [3.8, 4) is 0 Å². The van der Waals surface area contributed by atoms with Gasteiger partial charge in [0, 0.05) is 18.5 Å². The Morgan fingerprint density at radius 3 is 2.56 bits per heavy atom. The molecule has 1 fully saturated rings. The van der Waals surface area contributed by atoms with Gasteiger partial charge in [0.25, 0.3) is 0 Å². The zero-order valence-corrected chi connectivity index (χ0v) is 15.1. The highest BCUT2D eigenvalue weighted by atomic mass is 16.3. The first kappa shape index (κ1) is 17.7. The van der Waals surface area contributed by atoms with Gasteiger partial charge in [-0.1, -0.05) is 44.2 Å². The summed E-state index contributed by atoms with van der Waals surface area (Å²) in [7, 11) is 0. The number of nitrogens with one attached hydrogen (secondary N) is 2. The fraction of sp³-hybridized carbons (Fsp3) is 0.500. The van der Waals surface area contributed by atoms with Crippen molar-refractivity contribution < 1.29 is 5.11 Å². The fourth-order valence-corrected chi connectivity index (χ4v) is 2.78. The van der Waals surface area contributed by atoms with Crippen molar-refractivity contribution in [3.05, 3.63) is 47.7 Å². The van der Waals surface area contributed by atoms with Crippen LogP contribution in [-0.2, 0) is 6.42 Å². The summed E-state index contributed by atoms with van der Waals surface area (Å²) in [5.41, 5.74) is 2.41. The van der Waals surface area contributed by atoms with E-state index < -0.39 is 0 Å². The second-order valence-corrected chi connectivity index (χ2v) is 7.12. The molecule has 0 bridgehead atoms. The molecule has 0 saturated heterocycles. The number of hydrogen-bond acceptors (Lipinski definition) is 5. The Hall–Kier alpha value is -2.14. The number of benzene rings is 1. The minimum atomic E-state index is -0.0355. The highest BCUT2D eigenvalue weighted by Crippen LogP contribution is 2.39. The van der Waals surface area contributed by atoms with Crippen LogP contribution in [0.4, 0.5) is 11.8 Å². The maximum atomic E-state index is 9.55. The molecule has 134 valence electrons. The molecule has 1 heterocycles. The SMILES string of the molecule is CC(C)[C@H](CO)Nc1nc(NCCc2ccccc2)cc(C2CC2)n1. The van der Waals surface area contributed by atoms with Crippen LogP contribution in [0.1, 0.15) is 43.9 Å². The highest BCUT2D eigenvalue weighted by Gasteiger charge is 2.26. The first-order chi connectivity index (χ1) is 12.2. The standard InChI is InChI=1S/C20H28N4O/c1-14(2)18(13-25)23-20-22-17(16-8-9-16)12-19(24-20)21-11-10-15-6-4-3-5-7-15/h3-7,12,14,16,18,25H,8-11,13H2,1-2H3,(H2,21,22,23,24)/t18-/m0/s1. The van der Waals surface area contributed by atoms with Crippen LogP contribution in [0.15, 0.2) is 36.4 Å². The normalized spacial score (nSPS) is 15.2. The second-order valence-electron chi connectivity index (χ2n) is 7.12. The molecule has 0 aliphatic heterocycles. The van der Waals surface area contributed by atoms with Gasteiger partial charge < -0.3 is 15.7 Å². The zero-order valence-electron chi connectivity index (χ0n) is 15.1. The maximum Gasteiger partial charge on any atom is 0.225 e. The van der Waals surface area contributed by atoms with Crippen molar-refractivity contribution in [2.75, 3.05) is 23.8 Å². The lowest BCUT2D eigenvalue weighted by molar-refractivity contribution is 0.248. The van der Waals surface area contributed by atoms with Crippen molar-refractivity contribution in [2.45, 2.75) is 45.1 Å². The predicted molar refractivity (Wildman–Crippen MR) is 102 cm³/mol. The predicted octanol–water partition coefficient (Wildman–Crippen LogP) is 3.44. The third-order valence-corrected chi connectivity index (χ3v) is 4.62. The van der Waals surface area contributed by atoms with Crippen molar-refractivity contribution >= 4 is 11.8 Å². The summed E-state index contributed by atoms with van der Waals surface area (Å²) in [5, 5.41) is 16.3. The summed E-state index contributed by atoms with van der Waals surface area (Å²) in [6, 6.07) is 12.5. The summed E-state index contributed by atoms with van der Waals surface area (Å²) < 4.78 is 0. The molecule has 1 aliphatic rings. The van der Waals surface area contributed by atoms with Crippen LogP contribution in [0.3, 0.4) is 0 Å². The molecule has 1 aromatic heterocycles. The molecular weight excluding hydrogens is 312 g/mol. The van der Waals surface area contributed by atoms with Crippen LogP contribution < -0.4 is 10.6 Å². The highest BCUT2D eigenvalue weighted by molar-refractivity contribution is 5.44. The van der Waals surface area contributed by atoms with Crippen LogP contribution in [-0.4, -0.2) is 34.3 Å². The number of rotatable bonds is 9. The largest absolute Gasteiger partial charge is 0.394 e. The Kier molecular flexibility index (Phi) is 5.87. The van der Waals surface area contributed by atoms with E-state index in [1.807, 2.05) is 6.07 Å². The summed E-state index contributed by atoms with van der Waals surface area (Å²) in [6.45, 7) is 5.07. The molecule has 1 aromatic carbocycles. The quantitative estimate of drug-likeness (QED) is 0.652. The van der Waals surface area contributed by atoms with Crippen molar-refractivity contribution in [1.29, 1.82) is 0 Å². The number of aromatic nitrogens is 2. The molecule has 2 aromatic rings. The summed E-state index contributed by atoms with van der Waals surface area (Å²) >= 11 is 0. The Morgan fingerprint density at radius 1 is 1.16 bits per heavy atom. The van der Waals surface area contributed by atoms with Gasteiger partial charge in [0.15, 0.2) is 0 Å². The Morgan fingerprint density at radius 2 is 1.92 bits per heavy atom. The molecule has 3 rings (SSSR count). The van der Waals surface area contributed by atoms with Gasteiger partial charge in [0.1, 0.15) is 5.82 Å². The molecular formula is C20H28N4O. The van der Waals surface area contributed by atoms with Gasteiger partial charge in [-0.3, -0.25) is 0 Å². The van der Waals surface area contributed by atoms with Crippen LogP contribution in [0.25, 0.3) is 0 Å². The number of anilines is 2. The van der Waals surface area contributed by atoms with Gasteiger partial charge in [0.2, 0.25) is 5.95 Å². The average Bonchev–Trinajstić information content (AvgIpc) is 3.45. The van der Waals surface area contributed by atoms with E-state index in [1.54, 1.807) is 0 Å². The van der Waals surface area contributed by atoms with Gasteiger partial charge >= 0.3 is 0 Å². The van der Waals surface area contributed by atoms with Gasteiger partial charge in [-0.05, 0) is 30.7 Å². The van der Waals surface area contributed by atoms with E-state index in [9.17, 15) is 5.11 Å². The first-order valence-corrected chi connectivity index (χ1v) is 9.20. The molecule has 3 N–H and O–H groups in total. The van der Waals surface area contributed by atoms with Crippen molar-refractivity contribution in [2.24, 2.45) is 5.92 Å². The van der Waals surface area contributed by atoms with Gasteiger partial charge in [-0.15, -0.1) is 0 Å². The van der Waals surface area contributed by atoms with E-state index in [-0.39, 0.29) is 12.6 Å². The molecule has 0 radical (unpaired) electrons. The average molecular weight is 340 g/mol. The molecule has 5 heteroatoms. The minimum absolute atomic E-state index is 0.0355. The zero-order chi connectivity index (χ0) is 17.6. The smallest absolute Gasteiger partial charge is 0.225 e. The number of nitrogens with zero attached hydrogens (tertiary/aromatic N) is 2. The van der Waals surface area contributed by atoms with Gasteiger partial charge in [-0.25, -0.2) is 4.98 Å². The molecule has 0 unspecified atom stereocenters. The van der Waals surface area contributed by atoms with Crippen molar-refractivity contribution in [3.63, 3.8) is 0 Å². The van der Waals surface area contributed by atoms with Crippen LogP contribution in [0.5, 0.6) is 0 Å². The summed E-state index contributed by atoms with van der Waals surface area (Å²) in [5.74, 6) is 2.34. The molecule has 25 heavy (non-hydrogen) atoms. The van der Waals surface area contributed by atoms with E-state index in [0.717, 1.165) is 24.5 Å². The molecule has 5 nitrogen and oxygen atoms in total. The lowest BCUT2D eigenvalue weighted by Crippen LogP contribution is -2.30. The lowest BCUT2D eigenvalue weighted by Gasteiger charge is -2.20. The minimum Gasteiger partial charge on any atom is -0.394 e. The Labute approximate surface area is 149 Å². The molecule has 1 aliphatic carbocycles. The third kappa shape index (κ3) is 5.16. The summed E-state index contributed by atoms with van der Waals surface area (Å²) in [4.78, 5) is 9.26. The van der Waals surface area contributed by atoms with E-state index in [4.69, 9.17) is 0 Å². The summed E-state index contributed by atoms with van der Waals surface area (Å²) in [6.07, 6.45) is 3.36. The molecule has 0 amide bonds. The topological polar surface area (TPSA) is 70.1 Å². The van der Waals surface area contributed by atoms with Gasteiger partial charge in [-0.2, -0.15) is 4.98 Å². The monoisotopic (exact) mass is 340 g/mol. The molecule has 1 saturated carbocycles. The second kappa shape index (κ2) is 8.30. The molecule has 1 atom stereocenters. The van der Waals surface area contributed by atoms with E-state index in [2.05, 4.69) is 64.8 Å². The van der Waals surface area contributed by atoms with E-state index >= 15 is 0 Å². The Bertz CT molecular complexity index is 671. The fourth-order valence-electron chi connectivity index (χ4n) is 2.78. The van der Waals surface area contributed by atoms with Crippen LogP contribution >= 0.6 is 0 Å². The number of aliphatic hydroxyl groups is 1. The van der Waals surface area contributed by atoms with E-state index in [1.165, 1.54) is 18.4 Å². The first-order valence-electron chi connectivity index (χ1n) is 9.20. The Balaban J connectivity index is 1.67. The third-order valence-electron chi connectivity index (χ3n) is 4.62. The van der Waals surface area contributed by atoms with Gasteiger partial charge in [0.05, 0.1) is 18.3 Å². The number of hydrogen-bond donors (Lipinski definition) is 3. The van der Waals surface area contributed by atoms with E-state index in [0.29, 0.717) is 17.8 Å². The van der Waals surface area contributed by atoms with Crippen LogP contribution in [0, 0.1) is 5.92 Å². The lowest BCUT2D eigenvalue weighted by atomic mass is 10.1. The number of aliphatic hydroxyl groups excluding tert-OH is 1. The maximum absolute atomic E-state index is 9.55.